The molecule has 2 aromatic rings. The molecule has 2 heterocycles. The van der Waals surface area contributed by atoms with Gasteiger partial charge in [-0.25, -0.2) is 4.98 Å². The Bertz CT molecular complexity index is 626. The van der Waals surface area contributed by atoms with E-state index in [1.807, 2.05) is 0 Å². The number of piperidine rings is 1. The molecule has 0 bridgehead atoms. The first kappa shape index (κ1) is 15.0. The van der Waals surface area contributed by atoms with Gasteiger partial charge < -0.3 is 9.88 Å². The lowest BCUT2D eigenvalue weighted by Gasteiger charge is -2.36. The fourth-order valence-electron chi connectivity index (χ4n) is 3.58. The van der Waals surface area contributed by atoms with E-state index >= 15 is 0 Å². The number of benzene rings is 1. The fraction of sp³-hybridized carbons (Fsp3) is 0.588. The number of hydrogen-bond donors (Lipinski definition) is 1. The van der Waals surface area contributed by atoms with E-state index in [1.165, 1.54) is 24.2 Å². The Labute approximate surface area is 135 Å². The zero-order valence-electron chi connectivity index (χ0n) is 13.0. The average molecular weight is 350 g/mol. The van der Waals surface area contributed by atoms with Gasteiger partial charge in [-0.1, -0.05) is 29.8 Å². The number of nitrogens with one attached hydrogen (secondary N) is 1. The zero-order valence-corrected chi connectivity index (χ0v) is 14.5. The summed E-state index contributed by atoms with van der Waals surface area (Å²) in [5, 5.41) is 3.59. The van der Waals surface area contributed by atoms with Crippen molar-refractivity contribution >= 4 is 27.0 Å². The maximum atomic E-state index is 5.05. The first-order valence-electron chi connectivity index (χ1n) is 8.07. The molecule has 1 fully saturated rings. The summed E-state index contributed by atoms with van der Waals surface area (Å²) in [6.07, 6.45) is 4.77. The second kappa shape index (κ2) is 6.09. The lowest BCUT2D eigenvalue weighted by atomic mass is 9.77. The summed E-state index contributed by atoms with van der Waals surface area (Å²) in [5.41, 5.74) is 2.58. The number of hydrogen-bond acceptors (Lipinski definition) is 2. The number of aromatic nitrogens is 2. The third-order valence-corrected chi connectivity index (χ3v) is 5.27. The molecular weight excluding hydrogens is 326 g/mol. The molecule has 3 nitrogen and oxygen atoms in total. The van der Waals surface area contributed by atoms with Crippen molar-refractivity contribution in [1.82, 2.24) is 14.9 Å². The van der Waals surface area contributed by atoms with Crippen LogP contribution in [-0.4, -0.2) is 22.6 Å². The van der Waals surface area contributed by atoms with Crippen molar-refractivity contribution in [2.45, 2.75) is 51.5 Å². The number of imidazole rings is 1. The highest BCUT2D eigenvalue weighted by Gasteiger charge is 2.36. The van der Waals surface area contributed by atoms with E-state index in [-0.39, 0.29) is 5.41 Å². The topological polar surface area (TPSA) is 29.9 Å². The lowest BCUT2D eigenvalue weighted by Crippen LogP contribution is -2.44. The van der Waals surface area contributed by atoms with Gasteiger partial charge in [0.2, 0.25) is 0 Å². The normalized spacial score (nSPS) is 22.8. The summed E-state index contributed by atoms with van der Waals surface area (Å²) < 4.78 is 3.56. The van der Waals surface area contributed by atoms with Crippen molar-refractivity contribution in [3.05, 3.63) is 28.5 Å². The van der Waals surface area contributed by atoms with Crippen LogP contribution in [-0.2, 0) is 12.0 Å². The summed E-state index contributed by atoms with van der Waals surface area (Å²) in [7, 11) is 0. The van der Waals surface area contributed by atoms with Crippen LogP contribution < -0.4 is 5.32 Å². The molecule has 0 amide bonds. The molecule has 4 heteroatoms. The number of aryl methyl sites for hydroxylation is 1. The SMILES string of the molecule is CCCn1c(C2(CC)CCCNC2)nc2cc(Br)ccc21. The standard InChI is InChI=1S/C17H24BrN3/c1-3-10-21-15-7-6-13(18)11-14(15)20-16(21)17(4-2)8-5-9-19-12-17/h6-7,11,19H,3-5,8-10,12H2,1-2H3. The summed E-state index contributed by atoms with van der Waals surface area (Å²) in [6, 6.07) is 6.47. The molecule has 114 valence electrons. The Kier molecular flexibility index (Phi) is 4.36. The Balaban J connectivity index is 2.17. The molecule has 1 unspecified atom stereocenters. The molecule has 1 aromatic heterocycles. The smallest absolute Gasteiger partial charge is 0.117 e. The number of fused-ring (bicyclic) bond motifs is 1. The molecule has 21 heavy (non-hydrogen) atoms. The van der Waals surface area contributed by atoms with Crippen LogP contribution in [0.1, 0.15) is 45.4 Å². The summed E-state index contributed by atoms with van der Waals surface area (Å²) in [5.74, 6) is 1.28. The highest BCUT2D eigenvalue weighted by molar-refractivity contribution is 9.10. The van der Waals surface area contributed by atoms with E-state index in [0.717, 1.165) is 42.5 Å². The molecule has 1 atom stereocenters. The van der Waals surface area contributed by atoms with Gasteiger partial charge in [-0.05, 0) is 50.4 Å². The van der Waals surface area contributed by atoms with Gasteiger partial charge in [0.1, 0.15) is 5.82 Å². The van der Waals surface area contributed by atoms with E-state index in [1.54, 1.807) is 0 Å². The van der Waals surface area contributed by atoms with E-state index < -0.39 is 0 Å². The van der Waals surface area contributed by atoms with Gasteiger partial charge in [-0.2, -0.15) is 0 Å². The van der Waals surface area contributed by atoms with Crippen molar-refractivity contribution in [2.24, 2.45) is 0 Å². The quantitative estimate of drug-likeness (QED) is 0.894. The molecule has 1 aliphatic heterocycles. The molecule has 0 aliphatic carbocycles. The monoisotopic (exact) mass is 349 g/mol. The molecular formula is C17H24BrN3. The molecule has 1 aliphatic rings. The molecule has 1 N–H and O–H groups in total. The second-order valence-corrected chi connectivity index (χ2v) is 7.05. The Hall–Kier alpha value is -0.870. The maximum Gasteiger partial charge on any atom is 0.117 e. The van der Waals surface area contributed by atoms with Crippen molar-refractivity contribution < 1.29 is 0 Å². The van der Waals surface area contributed by atoms with Gasteiger partial charge in [0.15, 0.2) is 0 Å². The van der Waals surface area contributed by atoms with Gasteiger partial charge >= 0.3 is 0 Å². The van der Waals surface area contributed by atoms with E-state index in [9.17, 15) is 0 Å². The van der Waals surface area contributed by atoms with E-state index in [2.05, 4.69) is 57.9 Å². The summed E-state index contributed by atoms with van der Waals surface area (Å²) in [4.78, 5) is 5.05. The minimum Gasteiger partial charge on any atom is -0.327 e. The molecule has 0 saturated carbocycles. The number of nitrogens with zero attached hydrogens (tertiary/aromatic N) is 2. The first-order valence-corrected chi connectivity index (χ1v) is 8.86. The Morgan fingerprint density at radius 3 is 2.90 bits per heavy atom. The second-order valence-electron chi connectivity index (χ2n) is 6.13. The van der Waals surface area contributed by atoms with Crippen LogP contribution in [0, 0.1) is 0 Å². The molecule has 0 spiro atoms. The van der Waals surface area contributed by atoms with Crippen molar-refractivity contribution in [3.63, 3.8) is 0 Å². The first-order chi connectivity index (χ1) is 10.2. The highest BCUT2D eigenvalue weighted by Crippen LogP contribution is 2.36. The fourth-order valence-corrected chi connectivity index (χ4v) is 3.93. The van der Waals surface area contributed by atoms with Gasteiger partial charge in [0.05, 0.1) is 11.0 Å². The molecule has 1 saturated heterocycles. The van der Waals surface area contributed by atoms with Crippen LogP contribution in [0.5, 0.6) is 0 Å². The minimum absolute atomic E-state index is 0.193. The summed E-state index contributed by atoms with van der Waals surface area (Å²) in [6.45, 7) is 7.79. The Morgan fingerprint density at radius 1 is 1.38 bits per heavy atom. The van der Waals surface area contributed by atoms with Gasteiger partial charge in [-0.3, -0.25) is 0 Å². The van der Waals surface area contributed by atoms with Crippen LogP contribution in [0.15, 0.2) is 22.7 Å². The largest absolute Gasteiger partial charge is 0.327 e. The molecule has 0 radical (unpaired) electrons. The summed E-state index contributed by atoms with van der Waals surface area (Å²) >= 11 is 3.57. The van der Waals surface area contributed by atoms with E-state index in [0.29, 0.717) is 0 Å². The van der Waals surface area contributed by atoms with Crippen molar-refractivity contribution in [3.8, 4) is 0 Å². The third kappa shape index (κ3) is 2.64. The van der Waals surface area contributed by atoms with E-state index in [4.69, 9.17) is 4.98 Å². The third-order valence-electron chi connectivity index (χ3n) is 4.78. The van der Waals surface area contributed by atoms with Gasteiger partial charge in [-0.15, -0.1) is 0 Å². The number of rotatable bonds is 4. The van der Waals surface area contributed by atoms with Crippen molar-refractivity contribution in [2.75, 3.05) is 13.1 Å². The van der Waals surface area contributed by atoms with Gasteiger partial charge in [0, 0.05) is 23.0 Å². The Morgan fingerprint density at radius 2 is 2.24 bits per heavy atom. The van der Waals surface area contributed by atoms with Crippen LogP contribution in [0.4, 0.5) is 0 Å². The van der Waals surface area contributed by atoms with Crippen LogP contribution in [0.2, 0.25) is 0 Å². The van der Waals surface area contributed by atoms with Crippen molar-refractivity contribution in [1.29, 1.82) is 0 Å². The number of halogens is 1. The zero-order chi connectivity index (χ0) is 14.9. The van der Waals surface area contributed by atoms with Gasteiger partial charge in [0.25, 0.3) is 0 Å². The highest BCUT2D eigenvalue weighted by atomic mass is 79.9. The molecule has 3 rings (SSSR count). The average Bonchev–Trinajstić information content (AvgIpc) is 2.87. The predicted molar refractivity (Wildman–Crippen MR) is 91.8 cm³/mol. The van der Waals surface area contributed by atoms with Crippen LogP contribution in [0.25, 0.3) is 11.0 Å². The maximum absolute atomic E-state index is 5.05. The molecule has 1 aromatic carbocycles. The van der Waals surface area contributed by atoms with Crippen LogP contribution in [0.3, 0.4) is 0 Å². The lowest BCUT2D eigenvalue weighted by molar-refractivity contribution is 0.279. The minimum atomic E-state index is 0.193. The predicted octanol–water partition coefficient (Wildman–Crippen LogP) is 4.24. The van der Waals surface area contributed by atoms with Crippen LogP contribution >= 0.6 is 15.9 Å².